The van der Waals surface area contributed by atoms with Gasteiger partial charge in [0.05, 0.1) is 0 Å². The van der Waals surface area contributed by atoms with E-state index in [0.717, 1.165) is 51.9 Å². The van der Waals surface area contributed by atoms with Crippen LogP contribution in [0.15, 0.2) is 18.2 Å². The molecule has 1 saturated carbocycles. The summed E-state index contributed by atoms with van der Waals surface area (Å²) in [4.78, 5) is 2.29. The third-order valence-corrected chi connectivity index (χ3v) is 5.19. The molecule has 4 nitrogen and oxygen atoms in total. The summed E-state index contributed by atoms with van der Waals surface area (Å²) in [6.45, 7) is 3.35. The number of rotatable bonds is 4. The number of nitrogens with zero attached hydrogens (tertiary/aromatic N) is 1. The van der Waals surface area contributed by atoms with Gasteiger partial charge in [0.15, 0.2) is 0 Å². The molecule has 0 radical (unpaired) electrons. The molecule has 0 unspecified atom stereocenters. The van der Waals surface area contributed by atoms with E-state index in [0.29, 0.717) is 11.5 Å². The fraction of sp³-hybridized carbons (Fsp3) is 0.667. The van der Waals surface area contributed by atoms with Crippen LogP contribution in [0.25, 0.3) is 0 Å². The van der Waals surface area contributed by atoms with Crippen LogP contribution >= 0.6 is 0 Å². The van der Waals surface area contributed by atoms with E-state index >= 15 is 0 Å². The van der Waals surface area contributed by atoms with Gasteiger partial charge in [-0.1, -0.05) is 19.3 Å². The Hall–Kier alpha value is -1.47. The molecule has 7 heteroatoms. The Morgan fingerprint density at radius 3 is 2.44 bits per heavy atom. The highest BCUT2D eigenvalue weighted by atomic mass is 19.4. The number of phenolic OH excluding ortho intramolecular Hbond substituents is 1. The molecular formula is C18H25F3N2O2. The fourth-order valence-electron chi connectivity index (χ4n) is 4.13. The zero-order valence-electron chi connectivity index (χ0n) is 14.2. The number of piperazine rings is 1. The molecule has 1 aromatic carbocycles. The lowest BCUT2D eigenvalue weighted by atomic mass is 9.80. The highest BCUT2D eigenvalue weighted by molar-refractivity contribution is 5.42. The summed E-state index contributed by atoms with van der Waals surface area (Å²) in [5.74, 6) is 0.124. The van der Waals surface area contributed by atoms with Gasteiger partial charge in [-0.2, -0.15) is 0 Å². The van der Waals surface area contributed by atoms with E-state index in [1.54, 1.807) is 0 Å². The van der Waals surface area contributed by atoms with Crippen LogP contribution in [0.4, 0.5) is 13.2 Å². The average molecular weight is 358 g/mol. The molecule has 1 atom stereocenters. The summed E-state index contributed by atoms with van der Waals surface area (Å²) in [5, 5.41) is 13.7. The quantitative estimate of drug-likeness (QED) is 0.859. The summed E-state index contributed by atoms with van der Waals surface area (Å²) < 4.78 is 41.8. The molecule has 1 heterocycles. The van der Waals surface area contributed by atoms with Gasteiger partial charge in [0.25, 0.3) is 0 Å². The first-order valence-corrected chi connectivity index (χ1v) is 8.97. The molecule has 0 aromatic heterocycles. The third-order valence-electron chi connectivity index (χ3n) is 5.19. The van der Waals surface area contributed by atoms with Crippen LogP contribution in [0.5, 0.6) is 11.5 Å². The second-order valence-corrected chi connectivity index (χ2v) is 6.90. The minimum atomic E-state index is -4.73. The van der Waals surface area contributed by atoms with Crippen LogP contribution in [0.2, 0.25) is 0 Å². The second kappa shape index (κ2) is 7.83. The molecule has 1 aliphatic heterocycles. The summed E-state index contributed by atoms with van der Waals surface area (Å²) in [6, 6.07) is 3.78. The van der Waals surface area contributed by atoms with E-state index in [9.17, 15) is 18.3 Å². The standard InChI is InChI=1S/C18H25F3N2O2/c19-18(20,21)25-14-6-7-16(24)15(12-14)17(13-4-2-1-3-5-13)23-10-8-22-9-11-23/h6-7,12-13,17,22,24H,1-5,8-11H2/t17-/m0/s1. The van der Waals surface area contributed by atoms with Gasteiger partial charge in [-0.15, -0.1) is 13.2 Å². The molecule has 2 N–H and O–H groups in total. The van der Waals surface area contributed by atoms with Crippen LogP contribution < -0.4 is 10.1 Å². The van der Waals surface area contributed by atoms with E-state index in [4.69, 9.17) is 0 Å². The molecule has 0 spiro atoms. The predicted octanol–water partition coefficient (Wildman–Crippen LogP) is 3.82. The van der Waals surface area contributed by atoms with Gasteiger partial charge in [-0.05, 0) is 37.0 Å². The van der Waals surface area contributed by atoms with Gasteiger partial charge < -0.3 is 15.2 Å². The Labute approximate surface area is 146 Å². The molecule has 3 rings (SSSR count). The molecule has 25 heavy (non-hydrogen) atoms. The van der Waals surface area contributed by atoms with Crippen LogP contribution in [0.3, 0.4) is 0 Å². The molecule has 1 aromatic rings. The third kappa shape index (κ3) is 4.79. The van der Waals surface area contributed by atoms with E-state index in [1.807, 2.05) is 0 Å². The zero-order chi connectivity index (χ0) is 17.9. The molecule has 2 aliphatic rings. The smallest absolute Gasteiger partial charge is 0.508 e. The molecule has 1 saturated heterocycles. The first kappa shape index (κ1) is 18.3. The Morgan fingerprint density at radius 1 is 1.12 bits per heavy atom. The van der Waals surface area contributed by atoms with Crippen molar-refractivity contribution in [3.8, 4) is 11.5 Å². The number of nitrogens with one attached hydrogen (secondary N) is 1. The van der Waals surface area contributed by atoms with Crippen LogP contribution in [-0.4, -0.2) is 42.5 Å². The van der Waals surface area contributed by atoms with Crippen molar-refractivity contribution >= 4 is 0 Å². The summed E-state index contributed by atoms with van der Waals surface area (Å²) in [6.07, 6.45) is 0.813. The Morgan fingerprint density at radius 2 is 1.80 bits per heavy atom. The lowest BCUT2D eigenvalue weighted by Gasteiger charge is -2.41. The van der Waals surface area contributed by atoms with E-state index in [2.05, 4.69) is 15.0 Å². The van der Waals surface area contributed by atoms with E-state index in [1.165, 1.54) is 24.6 Å². The molecular weight excluding hydrogens is 333 g/mol. The normalized spacial score (nSPS) is 21.9. The van der Waals surface area contributed by atoms with Crippen molar-refractivity contribution in [1.29, 1.82) is 0 Å². The number of benzene rings is 1. The first-order chi connectivity index (χ1) is 11.9. The average Bonchev–Trinajstić information content (AvgIpc) is 2.59. The highest BCUT2D eigenvalue weighted by Gasteiger charge is 2.35. The maximum Gasteiger partial charge on any atom is 0.573 e. The monoisotopic (exact) mass is 358 g/mol. The Balaban J connectivity index is 1.92. The number of hydrogen-bond donors (Lipinski definition) is 2. The first-order valence-electron chi connectivity index (χ1n) is 8.97. The van der Waals surface area contributed by atoms with Crippen LogP contribution in [-0.2, 0) is 0 Å². The number of aromatic hydroxyl groups is 1. The Bertz CT molecular complexity index is 550. The van der Waals surface area contributed by atoms with Crippen LogP contribution in [0, 0.1) is 5.92 Å². The highest BCUT2D eigenvalue weighted by Crippen LogP contribution is 2.43. The number of alkyl halides is 3. The topological polar surface area (TPSA) is 44.7 Å². The summed E-state index contributed by atoms with van der Waals surface area (Å²) in [5.41, 5.74) is 0.551. The van der Waals surface area contributed by atoms with Crippen molar-refractivity contribution in [3.05, 3.63) is 23.8 Å². The van der Waals surface area contributed by atoms with Gasteiger partial charge in [0, 0.05) is 37.8 Å². The van der Waals surface area contributed by atoms with E-state index in [-0.39, 0.29) is 17.5 Å². The number of halogens is 3. The largest absolute Gasteiger partial charge is 0.573 e. The van der Waals surface area contributed by atoms with Gasteiger partial charge in [-0.3, -0.25) is 4.90 Å². The van der Waals surface area contributed by atoms with Crippen LogP contribution in [0.1, 0.15) is 43.7 Å². The fourth-order valence-corrected chi connectivity index (χ4v) is 4.13. The maximum atomic E-state index is 12.6. The van der Waals surface area contributed by atoms with Crippen molar-refractivity contribution in [3.63, 3.8) is 0 Å². The van der Waals surface area contributed by atoms with Crippen molar-refractivity contribution in [2.45, 2.75) is 44.5 Å². The Kier molecular flexibility index (Phi) is 5.74. The second-order valence-electron chi connectivity index (χ2n) is 6.90. The lowest BCUT2D eigenvalue weighted by molar-refractivity contribution is -0.274. The predicted molar refractivity (Wildman–Crippen MR) is 88.5 cm³/mol. The van der Waals surface area contributed by atoms with Gasteiger partial charge in [0.2, 0.25) is 0 Å². The van der Waals surface area contributed by atoms with Crippen molar-refractivity contribution < 1.29 is 23.0 Å². The van der Waals surface area contributed by atoms with E-state index < -0.39 is 6.36 Å². The van der Waals surface area contributed by atoms with Gasteiger partial charge >= 0.3 is 6.36 Å². The number of phenols is 1. The summed E-state index contributed by atoms with van der Waals surface area (Å²) >= 11 is 0. The minimum Gasteiger partial charge on any atom is -0.508 e. The number of ether oxygens (including phenoxy) is 1. The maximum absolute atomic E-state index is 12.6. The lowest BCUT2D eigenvalue weighted by Crippen LogP contribution is -2.47. The minimum absolute atomic E-state index is 0.0450. The molecule has 0 bridgehead atoms. The van der Waals surface area contributed by atoms with Gasteiger partial charge in [-0.25, -0.2) is 0 Å². The SMILES string of the molecule is Oc1ccc(OC(F)(F)F)cc1[C@H](C1CCCCC1)N1CCNCC1. The zero-order valence-corrected chi connectivity index (χ0v) is 14.2. The summed E-state index contributed by atoms with van der Waals surface area (Å²) in [7, 11) is 0. The van der Waals surface area contributed by atoms with Crippen molar-refractivity contribution in [2.24, 2.45) is 5.92 Å². The molecule has 0 amide bonds. The number of hydrogen-bond acceptors (Lipinski definition) is 4. The van der Waals surface area contributed by atoms with Gasteiger partial charge in [0.1, 0.15) is 11.5 Å². The molecule has 2 fully saturated rings. The van der Waals surface area contributed by atoms with Crippen molar-refractivity contribution in [1.82, 2.24) is 10.2 Å². The van der Waals surface area contributed by atoms with Crippen molar-refractivity contribution in [2.75, 3.05) is 26.2 Å². The molecule has 1 aliphatic carbocycles. The molecule has 140 valence electrons.